The van der Waals surface area contributed by atoms with E-state index in [0.29, 0.717) is 6.04 Å². The number of rotatable bonds is 4. The first-order valence-corrected chi connectivity index (χ1v) is 8.09. The average Bonchev–Trinajstić information content (AvgIpc) is 2.43. The van der Waals surface area contributed by atoms with Crippen LogP contribution in [-0.4, -0.2) is 7.05 Å². The molecular formula is C18H22IN. The standard InChI is InChI=1S/C18H22IN/c1-12-8-9-13(2)15(10-12)11-17(20-4)16-7-5-6-14(3)18(16)19/h5-10,17,20H,11H2,1-4H3. The molecule has 2 aromatic rings. The smallest absolute Gasteiger partial charge is 0.0369 e. The van der Waals surface area contributed by atoms with Crippen LogP contribution in [0.15, 0.2) is 36.4 Å². The molecule has 0 aliphatic heterocycles. The van der Waals surface area contributed by atoms with Crippen LogP contribution >= 0.6 is 22.6 Å². The maximum Gasteiger partial charge on any atom is 0.0369 e. The quantitative estimate of drug-likeness (QED) is 0.758. The summed E-state index contributed by atoms with van der Waals surface area (Å²) in [5.74, 6) is 0. The van der Waals surface area contributed by atoms with E-state index in [4.69, 9.17) is 0 Å². The van der Waals surface area contributed by atoms with Crippen LogP contribution < -0.4 is 5.32 Å². The third kappa shape index (κ3) is 3.41. The number of halogens is 1. The van der Waals surface area contributed by atoms with Gasteiger partial charge in [-0.1, -0.05) is 42.0 Å². The molecule has 0 fully saturated rings. The monoisotopic (exact) mass is 379 g/mol. The maximum atomic E-state index is 3.48. The topological polar surface area (TPSA) is 12.0 Å². The summed E-state index contributed by atoms with van der Waals surface area (Å²) in [6.45, 7) is 6.53. The number of nitrogens with one attached hydrogen (secondary N) is 1. The molecule has 106 valence electrons. The molecule has 2 rings (SSSR count). The van der Waals surface area contributed by atoms with Crippen molar-refractivity contribution in [2.45, 2.75) is 33.2 Å². The number of hydrogen-bond donors (Lipinski definition) is 1. The number of likely N-dealkylation sites (N-methyl/N-ethyl adjacent to an activating group) is 1. The molecule has 0 amide bonds. The van der Waals surface area contributed by atoms with Crippen molar-refractivity contribution >= 4 is 22.6 Å². The van der Waals surface area contributed by atoms with Gasteiger partial charge in [0.1, 0.15) is 0 Å². The lowest BCUT2D eigenvalue weighted by Gasteiger charge is -2.20. The lowest BCUT2D eigenvalue weighted by Crippen LogP contribution is -2.20. The third-order valence-electron chi connectivity index (χ3n) is 3.87. The molecule has 0 spiro atoms. The van der Waals surface area contributed by atoms with Gasteiger partial charge in [-0.3, -0.25) is 0 Å². The van der Waals surface area contributed by atoms with Crippen LogP contribution in [0.4, 0.5) is 0 Å². The van der Waals surface area contributed by atoms with E-state index < -0.39 is 0 Å². The number of benzene rings is 2. The van der Waals surface area contributed by atoms with Gasteiger partial charge in [0.05, 0.1) is 0 Å². The molecule has 0 aliphatic rings. The molecule has 0 aliphatic carbocycles. The van der Waals surface area contributed by atoms with Crippen molar-refractivity contribution in [3.8, 4) is 0 Å². The summed E-state index contributed by atoms with van der Waals surface area (Å²) in [6, 6.07) is 13.6. The van der Waals surface area contributed by atoms with Crippen LogP contribution in [0.25, 0.3) is 0 Å². The molecule has 1 N–H and O–H groups in total. The Morgan fingerprint density at radius 2 is 1.80 bits per heavy atom. The molecule has 0 saturated heterocycles. The predicted octanol–water partition coefficient (Wildman–Crippen LogP) is 4.72. The molecule has 0 bridgehead atoms. The Bertz CT molecular complexity index is 604. The Balaban J connectivity index is 2.34. The van der Waals surface area contributed by atoms with Crippen LogP contribution in [0.5, 0.6) is 0 Å². The molecule has 1 atom stereocenters. The summed E-state index contributed by atoms with van der Waals surface area (Å²) in [4.78, 5) is 0. The molecule has 2 aromatic carbocycles. The highest BCUT2D eigenvalue weighted by Gasteiger charge is 2.15. The van der Waals surface area contributed by atoms with Crippen molar-refractivity contribution in [1.82, 2.24) is 5.32 Å². The highest BCUT2D eigenvalue weighted by molar-refractivity contribution is 14.1. The normalized spacial score (nSPS) is 12.4. The van der Waals surface area contributed by atoms with E-state index in [0.717, 1.165) is 6.42 Å². The van der Waals surface area contributed by atoms with Crippen LogP contribution in [0.1, 0.15) is 33.9 Å². The van der Waals surface area contributed by atoms with E-state index in [1.165, 1.54) is 31.4 Å². The van der Waals surface area contributed by atoms with Crippen molar-refractivity contribution in [3.63, 3.8) is 0 Å². The van der Waals surface area contributed by atoms with Gasteiger partial charge in [-0.15, -0.1) is 0 Å². The second-order valence-electron chi connectivity index (χ2n) is 5.45. The maximum absolute atomic E-state index is 3.48. The summed E-state index contributed by atoms with van der Waals surface area (Å²) in [5.41, 5.74) is 6.89. The van der Waals surface area contributed by atoms with Crippen LogP contribution in [-0.2, 0) is 6.42 Å². The van der Waals surface area contributed by atoms with Gasteiger partial charge in [0.2, 0.25) is 0 Å². The van der Waals surface area contributed by atoms with Crippen molar-refractivity contribution in [1.29, 1.82) is 0 Å². The summed E-state index contributed by atoms with van der Waals surface area (Å²) >= 11 is 2.46. The second kappa shape index (κ2) is 6.72. The second-order valence-corrected chi connectivity index (χ2v) is 6.53. The zero-order chi connectivity index (χ0) is 14.7. The predicted molar refractivity (Wildman–Crippen MR) is 95.3 cm³/mol. The molecule has 0 radical (unpaired) electrons. The summed E-state index contributed by atoms with van der Waals surface area (Å²) in [5, 5.41) is 3.48. The zero-order valence-corrected chi connectivity index (χ0v) is 14.8. The first-order valence-electron chi connectivity index (χ1n) is 7.01. The van der Waals surface area contributed by atoms with Gasteiger partial charge in [0.25, 0.3) is 0 Å². The first-order chi connectivity index (χ1) is 9.52. The van der Waals surface area contributed by atoms with Crippen molar-refractivity contribution in [2.24, 2.45) is 0 Å². The van der Waals surface area contributed by atoms with E-state index in [1.54, 1.807) is 0 Å². The third-order valence-corrected chi connectivity index (χ3v) is 5.35. The SMILES string of the molecule is CNC(Cc1cc(C)ccc1C)c1cccc(C)c1I. The molecule has 20 heavy (non-hydrogen) atoms. The Kier molecular flexibility index (Phi) is 5.22. The summed E-state index contributed by atoms with van der Waals surface area (Å²) < 4.78 is 1.37. The van der Waals surface area contributed by atoms with Crippen molar-refractivity contribution < 1.29 is 0 Å². The fourth-order valence-corrected chi connectivity index (χ4v) is 3.28. The largest absolute Gasteiger partial charge is 0.313 e. The minimum Gasteiger partial charge on any atom is -0.313 e. The highest BCUT2D eigenvalue weighted by Crippen LogP contribution is 2.26. The van der Waals surface area contributed by atoms with Crippen LogP contribution in [0, 0.1) is 24.3 Å². The molecule has 0 saturated carbocycles. The fourth-order valence-electron chi connectivity index (χ4n) is 2.55. The molecule has 1 unspecified atom stereocenters. The van der Waals surface area contributed by atoms with Crippen LogP contribution in [0.2, 0.25) is 0 Å². The summed E-state index contributed by atoms with van der Waals surface area (Å²) in [7, 11) is 2.05. The van der Waals surface area contributed by atoms with E-state index in [-0.39, 0.29) is 0 Å². The minimum absolute atomic E-state index is 0.363. The first kappa shape index (κ1) is 15.5. The minimum atomic E-state index is 0.363. The molecular weight excluding hydrogens is 357 g/mol. The highest BCUT2D eigenvalue weighted by atomic mass is 127. The Morgan fingerprint density at radius 3 is 2.50 bits per heavy atom. The number of aryl methyl sites for hydroxylation is 3. The van der Waals surface area contributed by atoms with E-state index in [9.17, 15) is 0 Å². The van der Waals surface area contributed by atoms with Gasteiger partial charge in [-0.05, 0) is 79.1 Å². The fraction of sp³-hybridized carbons (Fsp3) is 0.333. The lowest BCUT2D eigenvalue weighted by atomic mass is 9.94. The molecule has 1 nitrogen and oxygen atoms in total. The van der Waals surface area contributed by atoms with Crippen molar-refractivity contribution in [3.05, 3.63) is 67.8 Å². The lowest BCUT2D eigenvalue weighted by molar-refractivity contribution is 0.587. The van der Waals surface area contributed by atoms with Gasteiger partial charge in [0.15, 0.2) is 0 Å². The van der Waals surface area contributed by atoms with Gasteiger partial charge >= 0.3 is 0 Å². The van der Waals surface area contributed by atoms with Gasteiger partial charge in [-0.25, -0.2) is 0 Å². The van der Waals surface area contributed by atoms with E-state index in [2.05, 4.69) is 85.1 Å². The van der Waals surface area contributed by atoms with Crippen LogP contribution in [0.3, 0.4) is 0 Å². The van der Waals surface area contributed by atoms with E-state index in [1.807, 2.05) is 7.05 Å². The molecule has 0 heterocycles. The summed E-state index contributed by atoms with van der Waals surface area (Å²) in [6.07, 6.45) is 1.03. The average molecular weight is 379 g/mol. The van der Waals surface area contributed by atoms with Crippen molar-refractivity contribution in [2.75, 3.05) is 7.05 Å². The number of hydrogen-bond acceptors (Lipinski definition) is 1. The van der Waals surface area contributed by atoms with E-state index >= 15 is 0 Å². The van der Waals surface area contributed by atoms with Gasteiger partial charge < -0.3 is 5.32 Å². The van der Waals surface area contributed by atoms with Gasteiger partial charge in [0, 0.05) is 9.61 Å². The Labute approximate surface area is 135 Å². The van der Waals surface area contributed by atoms with Gasteiger partial charge in [-0.2, -0.15) is 0 Å². The Hall–Kier alpha value is -0.870. The molecule has 2 heteroatoms. The Morgan fingerprint density at radius 1 is 1.05 bits per heavy atom. The molecule has 0 aromatic heterocycles. The zero-order valence-electron chi connectivity index (χ0n) is 12.6.